The molecule has 1 heterocycles. The molecule has 2 aromatic rings. The monoisotopic (exact) mass is 454 g/mol. The standard InChI is InChI=1S/C20H20ClFN2O5S/c1-12(20(28)24-13-4-5-15(22)14(21)11-13)29-19(27)8-9-23-18(26)7-6-16(25)17-3-2-10-30-17/h2-5,10-12H,6-9H2,1H3,(H,23,26)(H,24,28). The lowest BCUT2D eigenvalue weighted by Gasteiger charge is -2.14. The van der Waals surface area contributed by atoms with Gasteiger partial charge in [0, 0.05) is 25.1 Å². The van der Waals surface area contributed by atoms with Gasteiger partial charge in [-0.15, -0.1) is 11.3 Å². The van der Waals surface area contributed by atoms with Gasteiger partial charge in [0.05, 0.1) is 16.3 Å². The maximum atomic E-state index is 13.1. The van der Waals surface area contributed by atoms with E-state index >= 15 is 0 Å². The number of benzene rings is 1. The van der Waals surface area contributed by atoms with Gasteiger partial charge in [-0.05, 0) is 36.6 Å². The van der Waals surface area contributed by atoms with Crippen LogP contribution in [0.3, 0.4) is 0 Å². The van der Waals surface area contributed by atoms with E-state index in [2.05, 4.69) is 10.6 Å². The van der Waals surface area contributed by atoms with Crippen LogP contribution >= 0.6 is 22.9 Å². The first-order valence-corrected chi connectivity index (χ1v) is 10.3. The number of rotatable bonds is 10. The van der Waals surface area contributed by atoms with Crippen LogP contribution in [0.4, 0.5) is 10.1 Å². The zero-order valence-electron chi connectivity index (χ0n) is 16.1. The van der Waals surface area contributed by atoms with E-state index in [1.54, 1.807) is 17.5 Å². The number of nitrogens with one attached hydrogen (secondary N) is 2. The average Bonchev–Trinajstić information content (AvgIpc) is 3.23. The normalized spacial score (nSPS) is 11.4. The van der Waals surface area contributed by atoms with E-state index in [-0.39, 0.29) is 48.2 Å². The summed E-state index contributed by atoms with van der Waals surface area (Å²) in [5.74, 6) is -2.37. The zero-order chi connectivity index (χ0) is 22.1. The van der Waals surface area contributed by atoms with Crippen LogP contribution in [-0.2, 0) is 19.1 Å². The number of halogens is 2. The Kier molecular flexibility index (Phi) is 8.94. The van der Waals surface area contributed by atoms with Crippen molar-refractivity contribution in [2.24, 2.45) is 0 Å². The number of anilines is 1. The summed E-state index contributed by atoms with van der Waals surface area (Å²) < 4.78 is 18.1. The van der Waals surface area contributed by atoms with Gasteiger partial charge in [0.1, 0.15) is 5.82 Å². The van der Waals surface area contributed by atoms with Crippen molar-refractivity contribution in [1.29, 1.82) is 0 Å². The number of ether oxygens (including phenoxy) is 1. The highest BCUT2D eigenvalue weighted by Crippen LogP contribution is 2.19. The molecule has 0 saturated heterocycles. The summed E-state index contributed by atoms with van der Waals surface area (Å²) in [5.41, 5.74) is 0.263. The van der Waals surface area contributed by atoms with Gasteiger partial charge in [0.25, 0.3) is 5.91 Å². The fourth-order valence-electron chi connectivity index (χ4n) is 2.31. The predicted molar refractivity (Wildman–Crippen MR) is 111 cm³/mol. The smallest absolute Gasteiger partial charge is 0.308 e. The molecule has 0 fully saturated rings. The zero-order valence-corrected chi connectivity index (χ0v) is 17.6. The largest absolute Gasteiger partial charge is 0.452 e. The lowest BCUT2D eigenvalue weighted by Crippen LogP contribution is -2.32. The van der Waals surface area contributed by atoms with E-state index in [9.17, 15) is 23.6 Å². The summed E-state index contributed by atoms with van der Waals surface area (Å²) in [6.07, 6.45) is -1.13. The molecule has 30 heavy (non-hydrogen) atoms. The maximum Gasteiger partial charge on any atom is 0.308 e. The number of carbonyl (C=O) groups is 4. The number of esters is 1. The number of hydrogen-bond acceptors (Lipinski definition) is 6. The van der Waals surface area contributed by atoms with Gasteiger partial charge in [-0.2, -0.15) is 0 Å². The lowest BCUT2D eigenvalue weighted by molar-refractivity contribution is -0.153. The highest BCUT2D eigenvalue weighted by molar-refractivity contribution is 7.12. The summed E-state index contributed by atoms with van der Waals surface area (Å²) >= 11 is 6.96. The van der Waals surface area contributed by atoms with Crippen molar-refractivity contribution in [2.75, 3.05) is 11.9 Å². The molecule has 2 rings (SSSR count). The molecule has 0 aliphatic rings. The van der Waals surface area contributed by atoms with Gasteiger partial charge in [0.15, 0.2) is 11.9 Å². The molecule has 1 unspecified atom stereocenters. The summed E-state index contributed by atoms with van der Waals surface area (Å²) in [6.45, 7) is 1.40. The Morgan fingerprint density at radius 2 is 1.93 bits per heavy atom. The Balaban J connectivity index is 1.65. The minimum absolute atomic E-state index is 0.0187. The van der Waals surface area contributed by atoms with Crippen molar-refractivity contribution in [3.05, 3.63) is 51.4 Å². The van der Waals surface area contributed by atoms with E-state index in [4.69, 9.17) is 16.3 Å². The molecule has 2 amide bonds. The number of Topliss-reactive ketones (excluding diaryl/α,β-unsaturated/α-hetero) is 1. The third-order valence-electron chi connectivity index (χ3n) is 3.89. The molecule has 0 radical (unpaired) electrons. The Morgan fingerprint density at radius 3 is 2.60 bits per heavy atom. The second kappa shape index (κ2) is 11.4. The van der Waals surface area contributed by atoms with Crippen LogP contribution in [0, 0.1) is 5.82 Å². The van der Waals surface area contributed by atoms with Crippen LogP contribution in [-0.4, -0.2) is 36.2 Å². The third kappa shape index (κ3) is 7.57. The Hall–Kier alpha value is -2.78. The maximum absolute atomic E-state index is 13.1. The van der Waals surface area contributed by atoms with Gasteiger partial charge < -0.3 is 15.4 Å². The van der Waals surface area contributed by atoms with E-state index in [0.29, 0.717) is 4.88 Å². The van der Waals surface area contributed by atoms with Gasteiger partial charge >= 0.3 is 5.97 Å². The molecule has 0 aliphatic carbocycles. The highest BCUT2D eigenvalue weighted by Gasteiger charge is 2.18. The fourth-order valence-corrected chi connectivity index (χ4v) is 3.18. The molecule has 160 valence electrons. The molecule has 7 nitrogen and oxygen atoms in total. The minimum atomic E-state index is -1.10. The topological polar surface area (TPSA) is 102 Å². The Bertz CT molecular complexity index is 920. The minimum Gasteiger partial charge on any atom is -0.452 e. The van der Waals surface area contributed by atoms with E-state index < -0.39 is 23.8 Å². The first-order chi connectivity index (χ1) is 14.3. The van der Waals surface area contributed by atoms with E-state index in [1.807, 2.05) is 0 Å². The van der Waals surface area contributed by atoms with Crippen LogP contribution in [0.1, 0.15) is 35.9 Å². The van der Waals surface area contributed by atoms with Crippen LogP contribution in [0.5, 0.6) is 0 Å². The Labute approximate surface area is 181 Å². The van der Waals surface area contributed by atoms with Crippen LogP contribution in [0.15, 0.2) is 35.7 Å². The predicted octanol–water partition coefficient (Wildman–Crippen LogP) is 3.58. The molecular formula is C20H20ClFN2O5S. The average molecular weight is 455 g/mol. The number of thiophene rings is 1. The highest BCUT2D eigenvalue weighted by atomic mass is 35.5. The molecule has 1 atom stereocenters. The summed E-state index contributed by atoms with van der Waals surface area (Å²) in [6, 6.07) is 7.13. The number of amides is 2. The van der Waals surface area contributed by atoms with Crippen LogP contribution in [0.2, 0.25) is 5.02 Å². The number of ketones is 1. The van der Waals surface area contributed by atoms with Crippen LogP contribution in [0.25, 0.3) is 0 Å². The summed E-state index contributed by atoms with van der Waals surface area (Å²) in [7, 11) is 0. The Morgan fingerprint density at radius 1 is 1.17 bits per heavy atom. The summed E-state index contributed by atoms with van der Waals surface area (Å²) in [4.78, 5) is 48.1. The second-order valence-corrected chi connectivity index (χ2v) is 7.61. The molecule has 10 heteroatoms. The first-order valence-electron chi connectivity index (χ1n) is 9.05. The number of hydrogen-bond donors (Lipinski definition) is 2. The fraction of sp³-hybridized carbons (Fsp3) is 0.300. The summed E-state index contributed by atoms with van der Waals surface area (Å²) in [5, 5.41) is 6.63. The second-order valence-electron chi connectivity index (χ2n) is 6.25. The SMILES string of the molecule is CC(OC(=O)CCNC(=O)CCC(=O)c1cccs1)C(=O)Nc1ccc(F)c(Cl)c1. The molecular weight excluding hydrogens is 435 g/mol. The van der Waals surface area contributed by atoms with Crippen molar-refractivity contribution in [1.82, 2.24) is 5.32 Å². The van der Waals surface area contributed by atoms with E-state index in [1.165, 1.54) is 30.4 Å². The van der Waals surface area contributed by atoms with Gasteiger partial charge in [-0.1, -0.05) is 17.7 Å². The molecule has 2 N–H and O–H groups in total. The van der Waals surface area contributed by atoms with Crippen molar-refractivity contribution in [3.8, 4) is 0 Å². The van der Waals surface area contributed by atoms with Gasteiger partial charge in [0.2, 0.25) is 5.91 Å². The van der Waals surface area contributed by atoms with E-state index in [0.717, 1.165) is 6.07 Å². The third-order valence-corrected chi connectivity index (χ3v) is 5.09. The molecule has 1 aromatic heterocycles. The molecule has 1 aromatic carbocycles. The molecule has 0 aliphatic heterocycles. The van der Waals surface area contributed by atoms with Crippen molar-refractivity contribution >= 4 is 52.2 Å². The van der Waals surface area contributed by atoms with Crippen LogP contribution < -0.4 is 10.6 Å². The van der Waals surface area contributed by atoms with Crippen molar-refractivity contribution < 1.29 is 28.3 Å². The quantitative estimate of drug-likeness (QED) is 0.422. The molecule has 0 spiro atoms. The lowest BCUT2D eigenvalue weighted by atomic mass is 10.2. The van der Waals surface area contributed by atoms with Crippen molar-refractivity contribution in [2.45, 2.75) is 32.3 Å². The number of carbonyl (C=O) groups excluding carboxylic acids is 4. The first kappa shape index (κ1) is 23.5. The van der Waals surface area contributed by atoms with Gasteiger partial charge in [-0.25, -0.2) is 4.39 Å². The van der Waals surface area contributed by atoms with Gasteiger partial charge in [-0.3, -0.25) is 19.2 Å². The molecule has 0 bridgehead atoms. The molecule has 0 saturated carbocycles. The van der Waals surface area contributed by atoms with Crippen molar-refractivity contribution in [3.63, 3.8) is 0 Å².